The van der Waals surface area contributed by atoms with Gasteiger partial charge in [-0.15, -0.1) is 0 Å². The third-order valence-electron chi connectivity index (χ3n) is 6.11. The molecule has 0 atom stereocenters. The second-order valence-corrected chi connectivity index (χ2v) is 7.80. The van der Waals surface area contributed by atoms with E-state index in [1.54, 1.807) is 18.2 Å². The Kier molecular flexibility index (Phi) is 6.26. The van der Waals surface area contributed by atoms with Gasteiger partial charge >= 0.3 is 0 Å². The van der Waals surface area contributed by atoms with Gasteiger partial charge in [0.2, 0.25) is 0 Å². The van der Waals surface area contributed by atoms with Crippen molar-refractivity contribution in [1.82, 2.24) is 0 Å². The first-order chi connectivity index (χ1) is 12.6. The van der Waals surface area contributed by atoms with Gasteiger partial charge in [-0.1, -0.05) is 51.7 Å². The number of benzene rings is 2. The lowest BCUT2D eigenvalue weighted by molar-refractivity contribution is 0.298. The predicted octanol–water partition coefficient (Wildman–Crippen LogP) is 7.67. The molecule has 3 heteroatoms. The van der Waals surface area contributed by atoms with Crippen molar-refractivity contribution >= 4 is 10.8 Å². The quantitative estimate of drug-likeness (QED) is 0.462. The van der Waals surface area contributed by atoms with Gasteiger partial charge in [-0.2, -0.15) is 0 Å². The van der Waals surface area contributed by atoms with Crippen LogP contribution in [0.4, 0.5) is 13.2 Å². The molecule has 0 amide bonds. The van der Waals surface area contributed by atoms with Crippen LogP contribution in [0.5, 0.6) is 0 Å². The maximum absolute atomic E-state index is 14.7. The minimum absolute atomic E-state index is 0.0465. The third kappa shape index (κ3) is 3.77. The van der Waals surface area contributed by atoms with Crippen LogP contribution in [0.3, 0.4) is 0 Å². The highest BCUT2D eigenvalue weighted by Crippen LogP contribution is 2.41. The molecule has 0 radical (unpaired) electrons. The van der Waals surface area contributed by atoms with E-state index < -0.39 is 17.5 Å². The summed E-state index contributed by atoms with van der Waals surface area (Å²) in [5.74, 6) is -1.72. The molecule has 1 aliphatic rings. The summed E-state index contributed by atoms with van der Waals surface area (Å²) in [5, 5.41) is 0.275. The summed E-state index contributed by atoms with van der Waals surface area (Å²) in [4.78, 5) is 0. The zero-order valence-electron chi connectivity index (χ0n) is 15.9. The van der Waals surface area contributed by atoms with Crippen molar-refractivity contribution in [3.05, 3.63) is 46.8 Å². The minimum Gasteiger partial charge on any atom is -0.206 e. The Bertz CT molecular complexity index is 758. The average molecular weight is 362 g/mol. The van der Waals surface area contributed by atoms with E-state index in [2.05, 4.69) is 6.92 Å². The summed E-state index contributed by atoms with van der Waals surface area (Å²) >= 11 is 0. The molecule has 142 valence electrons. The molecular weight excluding hydrogens is 333 g/mol. The molecule has 1 saturated carbocycles. The highest BCUT2D eigenvalue weighted by molar-refractivity contribution is 5.85. The number of aryl methyl sites for hydroxylation is 1. The Morgan fingerprint density at radius 1 is 0.885 bits per heavy atom. The fourth-order valence-electron chi connectivity index (χ4n) is 4.46. The van der Waals surface area contributed by atoms with E-state index in [9.17, 15) is 13.2 Å². The van der Waals surface area contributed by atoms with Crippen LogP contribution in [0.25, 0.3) is 10.8 Å². The molecule has 1 aliphatic carbocycles. The molecule has 3 rings (SSSR count). The smallest absolute Gasteiger partial charge is 0.169 e. The van der Waals surface area contributed by atoms with Crippen LogP contribution >= 0.6 is 0 Å². The largest absolute Gasteiger partial charge is 0.206 e. The molecule has 0 spiro atoms. The first-order valence-corrected chi connectivity index (χ1v) is 10.2. The summed E-state index contributed by atoms with van der Waals surface area (Å²) in [7, 11) is 0. The molecule has 0 nitrogen and oxygen atoms in total. The van der Waals surface area contributed by atoms with Crippen LogP contribution in [0.15, 0.2) is 18.2 Å². The lowest BCUT2D eigenvalue weighted by Crippen LogP contribution is -2.15. The summed E-state index contributed by atoms with van der Waals surface area (Å²) in [6.07, 6.45) is 9.44. The Morgan fingerprint density at radius 3 is 2.27 bits per heavy atom. The van der Waals surface area contributed by atoms with Crippen molar-refractivity contribution in [2.75, 3.05) is 0 Å². The zero-order valence-corrected chi connectivity index (χ0v) is 15.9. The van der Waals surface area contributed by atoms with Gasteiger partial charge in [0.1, 0.15) is 5.82 Å². The highest BCUT2D eigenvalue weighted by atomic mass is 19.2. The normalized spacial score (nSPS) is 20.7. The standard InChI is InChI=1S/C23H29F3/c1-3-5-6-7-15-8-10-17(11-9-15)19-14-18-13-12-16(4-2)21(24)20(18)23(26)22(19)25/h12-15,17H,3-11H2,1-2H3. The number of fused-ring (bicyclic) bond motifs is 1. The number of hydrogen-bond acceptors (Lipinski definition) is 0. The maximum atomic E-state index is 14.7. The molecule has 0 N–H and O–H groups in total. The molecule has 2 aromatic carbocycles. The third-order valence-corrected chi connectivity index (χ3v) is 6.11. The van der Waals surface area contributed by atoms with E-state index in [1.807, 2.05) is 6.92 Å². The van der Waals surface area contributed by atoms with E-state index in [-0.39, 0.29) is 11.3 Å². The van der Waals surface area contributed by atoms with Crippen LogP contribution in [0.1, 0.15) is 82.3 Å². The predicted molar refractivity (Wildman–Crippen MR) is 102 cm³/mol. The van der Waals surface area contributed by atoms with Crippen molar-refractivity contribution < 1.29 is 13.2 Å². The van der Waals surface area contributed by atoms with Gasteiger partial charge in [0.25, 0.3) is 0 Å². The fraction of sp³-hybridized carbons (Fsp3) is 0.565. The van der Waals surface area contributed by atoms with Gasteiger partial charge in [0.05, 0.1) is 5.39 Å². The minimum atomic E-state index is -1.02. The van der Waals surface area contributed by atoms with Crippen molar-refractivity contribution in [2.24, 2.45) is 5.92 Å². The molecular formula is C23H29F3. The number of halogens is 3. The fourth-order valence-corrected chi connectivity index (χ4v) is 4.46. The summed E-state index contributed by atoms with van der Waals surface area (Å²) in [6.45, 7) is 4.02. The molecule has 0 aliphatic heterocycles. The topological polar surface area (TPSA) is 0 Å². The Morgan fingerprint density at radius 2 is 1.62 bits per heavy atom. The van der Waals surface area contributed by atoms with Gasteiger partial charge < -0.3 is 0 Å². The Labute approximate surface area is 154 Å². The Hall–Kier alpha value is -1.51. The molecule has 0 heterocycles. The van der Waals surface area contributed by atoms with E-state index in [1.165, 1.54) is 25.7 Å². The van der Waals surface area contributed by atoms with Gasteiger partial charge in [-0.3, -0.25) is 0 Å². The molecule has 0 bridgehead atoms. The van der Waals surface area contributed by atoms with Crippen molar-refractivity contribution in [3.8, 4) is 0 Å². The zero-order chi connectivity index (χ0) is 18.7. The Balaban J connectivity index is 1.82. The lowest BCUT2D eigenvalue weighted by Gasteiger charge is -2.29. The number of rotatable bonds is 6. The van der Waals surface area contributed by atoms with Crippen LogP contribution in [-0.4, -0.2) is 0 Å². The van der Waals surface area contributed by atoms with E-state index in [0.29, 0.717) is 22.9 Å². The van der Waals surface area contributed by atoms with Crippen molar-refractivity contribution in [1.29, 1.82) is 0 Å². The molecule has 0 saturated heterocycles. The van der Waals surface area contributed by atoms with Gasteiger partial charge in [-0.05, 0) is 66.5 Å². The van der Waals surface area contributed by atoms with Crippen molar-refractivity contribution in [3.63, 3.8) is 0 Å². The molecule has 0 unspecified atom stereocenters. The van der Waals surface area contributed by atoms with Crippen LogP contribution in [0.2, 0.25) is 0 Å². The monoisotopic (exact) mass is 362 g/mol. The van der Waals surface area contributed by atoms with E-state index in [0.717, 1.165) is 31.6 Å². The summed E-state index contributed by atoms with van der Waals surface area (Å²) in [6, 6.07) is 5.08. The molecule has 26 heavy (non-hydrogen) atoms. The second-order valence-electron chi connectivity index (χ2n) is 7.80. The second kappa shape index (κ2) is 8.45. The van der Waals surface area contributed by atoms with Crippen LogP contribution < -0.4 is 0 Å². The summed E-state index contributed by atoms with van der Waals surface area (Å²) < 4.78 is 43.9. The van der Waals surface area contributed by atoms with Crippen LogP contribution in [0, 0.1) is 23.4 Å². The van der Waals surface area contributed by atoms with Crippen LogP contribution in [-0.2, 0) is 6.42 Å². The lowest BCUT2D eigenvalue weighted by atomic mass is 9.76. The number of unbranched alkanes of at least 4 members (excludes halogenated alkanes) is 2. The molecule has 1 fully saturated rings. The van der Waals surface area contributed by atoms with Gasteiger partial charge in [-0.25, -0.2) is 13.2 Å². The maximum Gasteiger partial charge on any atom is 0.169 e. The SMILES string of the molecule is CCCCCC1CCC(c2cc3ccc(CC)c(F)c3c(F)c2F)CC1. The van der Waals surface area contributed by atoms with Gasteiger partial charge in [0.15, 0.2) is 11.6 Å². The summed E-state index contributed by atoms with van der Waals surface area (Å²) in [5.41, 5.74) is 0.863. The van der Waals surface area contributed by atoms with Gasteiger partial charge in [0, 0.05) is 0 Å². The molecule has 0 aromatic heterocycles. The van der Waals surface area contributed by atoms with E-state index >= 15 is 0 Å². The van der Waals surface area contributed by atoms with Crippen molar-refractivity contribution in [2.45, 2.75) is 77.6 Å². The number of hydrogen-bond donors (Lipinski definition) is 0. The first-order valence-electron chi connectivity index (χ1n) is 10.2. The van der Waals surface area contributed by atoms with E-state index in [4.69, 9.17) is 0 Å². The molecule has 2 aromatic rings. The average Bonchev–Trinajstić information content (AvgIpc) is 2.65. The highest BCUT2D eigenvalue weighted by Gasteiger charge is 2.27. The first kappa shape index (κ1) is 19.3.